The van der Waals surface area contributed by atoms with E-state index in [1.165, 1.54) is 19.3 Å². The topological polar surface area (TPSA) is 86.3 Å². The van der Waals surface area contributed by atoms with Crippen LogP contribution in [-0.2, 0) is 4.74 Å². The molecule has 1 saturated carbocycles. The maximum absolute atomic E-state index is 12.3. The Morgan fingerprint density at radius 2 is 1.97 bits per heavy atom. The normalized spacial score (nSPS) is 21.9. The first kappa shape index (κ1) is 22.8. The summed E-state index contributed by atoms with van der Waals surface area (Å²) in [5.41, 5.74) is 8.32. The lowest BCUT2D eigenvalue weighted by Gasteiger charge is -2.35. The summed E-state index contributed by atoms with van der Waals surface area (Å²) in [4.78, 5) is 19.1. The Labute approximate surface area is 191 Å². The Balaban J connectivity index is 1.34. The van der Waals surface area contributed by atoms with Crippen LogP contribution < -0.4 is 5.73 Å². The number of hydrogen-bond donors (Lipinski definition) is 1. The summed E-state index contributed by atoms with van der Waals surface area (Å²) in [7, 11) is 0. The molecule has 1 saturated heterocycles. The molecule has 174 valence electrons. The molecule has 2 aromatic heterocycles. The molecule has 4 rings (SSSR count). The van der Waals surface area contributed by atoms with E-state index in [1.807, 2.05) is 31.9 Å². The number of nitrogens with two attached hydrogens (primary N) is 1. The van der Waals surface area contributed by atoms with Crippen LogP contribution in [0.1, 0.15) is 76.9 Å². The first-order valence-corrected chi connectivity index (χ1v) is 12.0. The maximum atomic E-state index is 12.3. The predicted octanol–water partition coefficient (Wildman–Crippen LogP) is 4.75. The van der Waals surface area contributed by atoms with Crippen molar-refractivity contribution in [3.8, 4) is 11.3 Å². The van der Waals surface area contributed by atoms with Crippen molar-refractivity contribution in [1.82, 2.24) is 19.7 Å². The zero-order valence-corrected chi connectivity index (χ0v) is 19.7. The summed E-state index contributed by atoms with van der Waals surface area (Å²) in [6, 6.07) is 6.76. The van der Waals surface area contributed by atoms with Crippen LogP contribution in [0.5, 0.6) is 0 Å². The van der Waals surface area contributed by atoms with Crippen molar-refractivity contribution in [2.24, 2.45) is 11.7 Å². The Bertz CT molecular complexity index is 905. The van der Waals surface area contributed by atoms with E-state index in [9.17, 15) is 4.79 Å². The Kier molecular flexibility index (Phi) is 6.84. The number of amides is 1. The van der Waals surface area contributed by atoms with Gasteiger partial charge < -0.3 is 15.4 Å². The molecule has 0 atom stereocenters. The number of aromatic nitrogens is 3. The SMILES string of the molecule is CC(C)(C)OC(=O)N1CCC(c2cccc(-c3cnn(C4CC(CCCN)C4)c3)n2)CC1. The number of piperidine rings is 1. The van der Waals surface area contributed by atoms with Gasteiger partial charge in [0.05, 0.1) is 17.9 Å². The van der Waals surface area contributed by atoms with Gasteiger partial charge in [-0.2, -0.15) is 5.10 Å². The van der Waals surface area contributed by atoms with Crippen molar-refractivity contribution in [3.63, 3.8) is 0 Å². The third-order valence-corrected chi connectivity index (χ3v) is 6.63. The van der Waals surface area contributed by atoms with Crippen LogP contribution in [0.4, 0.5) is 4.79 Å². The minimum Gasteiger partial charge on any atom is -0.444 e. The van der Waals surface area contributed by atoms with Gasteiger partial charge in [-0.05, 0) is 83.9 Å². The highest BCUT2D eigenvalue weighted by atomic mass is 16.6. The molecule has 1 aliphatic carbocycles. The monoisotopic (exact) mass is 439 g/mol. The molecule has 2 aliphatic rings. The van der Waals surface area contributed by atoms with Crippen LogP contribution in [0.3, 0.4) is 0 Å². The molecule has 1 amide bonds. The average Bonchev–Trinajstić information content (AvgIpc) is 3.21. The number of nitrogens with zero attached hydrogens (tertiary/aromatic N) is 4. The molecule has 0 unspecified atom stereocenters. The lowest BCUT2D eigenvalue weighted by molar-refractivity contribution is 0.0204. The minimum atomic E-state index is -0.459. The van der Waals surface area contributed by atoms with E-state index in [0.717, 1.165) is 48.7 Å². The number of rotatable bonds is 6. The van der Waals surface area contributed by atoms with E-state index in [4.69, 9.17) is 15.5 Å². The van der Waals surface area contributed by atoms with Crippen LogP contribution in [-0.4, -0.2) is 51.0 Å². The van der Waals surface area contributed by atoms with Gasteiger partial charge in [-0.25, -0.2) is 4.79 Å². The molecular weight excluding hydrogens is 402 g/mol. The highest BCUT2D eigenvalue weighted by Crippen LogP contribution is 2.40. The lowest BCUT2D eigenvalue weighted by atomic mass is 9.77. The van der Waals surface area contributed by atoms with Crippen LogP contribution in [0, 0.1) is 5.92 Å². The summed E-state index contributed by atoms with van der Waals surface area (Å²) in [6.07, 6.45) is 10.4. The van der Waals surface area contributed by atoms with Gasteiger partial charge in [0.1, 0.15) is 5.60 Å². The van der Waals surface area contributed by atoms with Crippen molar-refractivity contribution in [2.75, 3.05) is 19.6 Å². The van der Waals surface area contributed by atoms with Gasteiger partial charge >= 0.3 is 6.09 Å². The predicted molar refractivity (Wildman–Crippen MR) is 125 cm³/mol. The highest BCUT2D eigenvalue weighted by molar-refractivity contribution is 5.68. The molecule has 0 aromatic carbocycles. The van der Waals surface area contributed by atoms with Crippen LogP contribution >= 0.6 is 0 Å². The third-order valence-electron chi connectivity index (χ3n) is 6.63. The van der Waals surface area contributed by atoms with Gasteiger partial charge in [-0.3, -0.25) is 9.67 Å². The number of carbonyl (C=O) groups excluding carboxylic acids is 1. The molecule has 7 heteroatoms. The Hall–Kier alpha value is -2.41. The molecule has 2 fully saturated rings. The van der Waals surface area contributed by atoms with Gasteiger partial charge in [0.2, 0.25) is 0 Å². The molecule has 0 spiro atoms. The molecule has 2 aromatic rings. The van der Waals surface area contributed by atoms with Gasteiger partial charge in [0, 0.05) is 36.5 Å². The Morgan fingerprint density at radius 1 is 1.22 bits per heavy atom. The average molecular weight is 440 g/mol. The van der Waals surface area contributed by atoms with Gasteiger partial charge in [0.25, 0.3) is 0 Å². The van der Waals surface area contributed by atoms with E-state index in [2.05, 4.69) is 34.2 Å². The fourth-order valence-electron chi connectivity index (χ4n) is 4.75. The second-order valence-electron chi connectivity index (χ2n) is 10.3. The summed E-state index contributed by atoms with van der Waals surface area (Å²) in [5, 5.41) is 4.62. The van der Waals surface area contributed by atoms with E-state index in [0.29, 0.717) is 25.0 Å². The van der Waals surface area contributed by atoms with E-state index in [1.54, 1.807) is 0 Å². The minimum absolute atomic E-state index is 0.216. The zero-order chi connectivity index (χ0) is 22.7. The van der Waals surface area contributed by atoms with Gasteiger partial charge in [-0.15, -0.1) is 0 Å². The second-order valence-corrected chi connectivity index (χ2v) is 10.3. The first-order chi connectivity index (χ1) is 15.3. The highest BCUT2D eigenvalue weighted by Gasteiger charge is 2.31. The van der Waals surface area contributed by atoms with Crippen LogP contribution in [0.15, 0.2) is 30.6 Å². The standard InChI is InChI=1S/C25H37N5O2/c1-25(2,3)32-24(31)29-12-9-19(10-13-29)22-7-4-8-23(28-22)20-16-27-30(17-20)21-14-18(15-21)6-5-11-26/h4,7-8,16-19,21H,5-6,9-15,26H2,1-3H3. The van der Waals surface area contributed by atoms with Crippen molar-refractivity contribution >= 4 is 6.09 Å². The van der Waals surface area contributed by atoms with Crippen LogP contribution in [0.2, 0.25) is 0 Å². The molecule has 0 radical (unpaired) electrons. The van der Waals surface area contributed by atoms with E-state index < -0.39 is 5.60 Å². The fraction of sp³-hybridized carbons (Fsp3) is 0.640. The maximum Gasteiger partial charge on any atom is 0.410 e. The molecule has 0 bridgehead atoms. The van der Waals surface area contributed by atoms with Crippen molar-refractivity contribution in [3.05, 3.63) is 36.3 Å². The number of likely N-dealkylation sites (tertiary alicyclic amines) is 1. The molecule has 32 heavy (non-hydrogen) atoms. The van der Waals surface area contributed by atoms with E-state index >= 15 is 0 Å². The Morgan fingerprint density at radius 3 is 2.66 bits per heavy atom. The smallest absolute Gasteiger partial charge is 0.410 e. The quantitative estimate of drug-likeness (QED) is 0.702. The largest absolute Gasteiger partial charge is 0.444 e. The van der Waals surface area contributed by atoms with Crippen molar-refractivity contribution < 1.29 is 9.53 Å². The summed E-state index contributed by atoms with van der Waals surface area (Å²) >= 11 is 0. The van der Waals surface area contributed by atoms with Crippen molar-refractivity contribution in [1.29, 1.82) is 0 Å². The summed E-state index contributed by atoms with van der Waals surface area (Å²) in [6.45, 7) is 7.91. The lowest BCUT2D eigenvalue weighted by Crippen LogP contribution is -2.41. The van der Waals surface area contributed by atoms with Crippen LogP contribution in [0.25, 0.3) is 11.3 Å². The number of ether oxygens (including phenoxy) is 1. The first-order valence-electron chi connectivity index (χ1n) is 12.0. The van der Waals surface area contributed by atoms with Crippen molar-refractivity contribution in [2.45, 2.75) is 76.9 Å². The zero-order valence-electron chi connectivity index (χ0n) is 19.7. The number of carbonyl (C=O) groups is 1. The van der Waals surface area contributed by atoms with E-state index in [-0.39, 0.29) is 6.09 Å². The molecule has 7 nitrogen and oxygen atoms in total. The molecule has 1 aliphatic heterocycles. The number of pyridine rings is 1. The fourth-order valence-corrected chi connectivity index (χ4v) is 4.75. The summed E-state index contributed by atoms with van der Waals surface area (Å²) in [5.74, 6) is 1.16. The summed E-state index contributed by atoms with van der Waals surface area (Å²) < 4.78 is 7.63. The molecular formula is C25H37N5O2. The van der Waals surface area contributed by atoms with Gasteiger partial charge in [-0.1, -0.05) is 6.07 Å². The molecule has 3 heterocycles. The third kappa shape index (κ3) is 5.49. The number of hydrogen-bond acceptors (Lipinski definition) is 5. The molecule has 2 N–H and O–H groups in total. The second kappa shape index (κ2) is 9.61. The van der Waals surface area contributed by atoms with Gasteiger partial charge in [0.15, 0.2) is 0 Å².